The first-order chi connectivity index (χ1) is 43.6. The van der Waals surface area contributed by atoms with Gasteiger partial charge in [-0.1, -0.05) is 48.6 Å². The van der Waals surface area contributed by atoms with Gasteiger partial charge in [-0.05, 0) is 138 Å². The van der Waals surface area contributed by atoms with E-state index in [1.807, 2.05) is 0 Å². The number of fused-ring (bicyclic) bond motifs is 4. The molecule has 3 saturated heterocycles. The molecule has 15 N–H and O–H groups in total. The zero-order valence-corrected chi connectivity index (χ0v) is 47.4. The molecule has 24 aliphatic rings. The summed E-state index contributed by atoms with van der Waals surface area (Å²) in [7, 11) is 0. The Labute approximate surface area is 514 Å². The molecule has 0 amide bonds. The van der Waals surface area contributed by atoms with E-state index in [0.29, 0.717) is 5.57 Å². The van der Waals surface area contributed by atoms with Gasteiger partial charge in [0.15, 0.2) is 16.8 Å². The van der Waals surface area contributed by atoms with Crippen LogP contribution in [0.3, 0.4) is 0 Å². The molecule has 0 radical (unpaired) electrons. The standard InChI is InChI=1S/C70H48O22/c71-19-11-29-21-7-8-23(53(76)77)28-13-30-31(54(78)79)14-34-24-4-2-6-26-42-25-5-1-3-22-27-9-18(52(74)75)10-32-38(27)46-40-33(39(32)55(80)81)15-36(73)62(85)49(40)60(83)50-48-51-65(58(90-65)17-20(72)16-57(62)69(50,58)91-57)35(12-19)44(29)63(86)47(37(21)28)45(30)61(34,84)70(89,66(51,63)88)68(43(24)26)67(48,92-68)64(42,87)56(60)59(46,82)41(22)25/h1-2,4-5,7,9-10,12-16,18,24,26,34-35,43,45,48,50-51,56,71-73,82-89H,3,6,8,11,17H2,(H,74,75)(H,76,77)(H,78,79)(H,80,81). The first-order valence-corrected chi connectivity index (χ1v) is 31.5. The summed E-state index contributed by atoms with van der Waals surface area (Å²) < 4.78 is 23.3. The second kappa shape index (κ2) is 12.4. The van der Waals surface area contributed by atoms with Gasteiger partial charge in [0.05, 0.1) is 34.5 Å². The van der Waals surface area contributed by atoms with Crippen LogP contribution in [0, 0.1) is 65.1 Å². The van der Waals surface area contributed by atoms with Gasteiger partial charge in [0.2, 0.25) is 0 Å². The maximum atomic E-state index is 16.3. The second-order valence-electron chi connectivity index (χ2n) is 30.9. The minimum absolute atomic E-state index is 0.00740. The molecule has 21 aliphatic carbocycles. The average Bonchev–Trinajstić information content (AvgIpc) is 1.34. The minimum atomic E-state index is -3.42. The lowest BCUT2D eigenvalue weighted by Gasteiger charge is -2.85. The molecule has 0 aromatic heterocycles. The predicted octanol–water partition coefficient (Wildman–Crippen LogP) is -0.0465. The fourth-order valence-corrected chi connectivity index (χ4v) is 28.6. The Balaban J connectivity index is 0.948. The number of aliphatic hydroxyl groups excluding tert-OH is 3. The molecule has 11 fully saturated rings. The summed E-state index contributed by atoms with van der Waals surface area (Å²) in [5, 5.41) is 210. The summed E-state index contributed by atoms with van der Waals surface area (Å²) in [6.07, 6.45) is 16.3. The van der Waals surface area contributed by atoms with Crippen LogP contribution >= 0.6 is 0 Å². The number of carboxylic acids is 4. The summed E-state index contributed by atoms with van der Waals surface area (Å²) in [5.74, 6) is -25.8. The van der Waals surface area contributed by atoms with Crippen molar-refractivity contribution >= 4 is 47.2 Å². The maximum absolute atomic E-state index is 16.3. The smallest absolute Gasteiger partial charge is 0.336 e. The number of hydrogen-bond donors (Lipinski definition) is 15. The van der Waals surface area contributed by atoms with E-state index in [1.165, 1.54) is 36.5 Å². The zero-order chi connectivity index (χ0) is 62.7. The van der Waals surface area contributed by atoms with Crippen molar-refractivity contribution in [3.63, 3.8) is 0 Å². The number of hydrogen-bond acceptors (Lipinski definition) is 18. The van der Waals surface area contributed by atoms with Crippen LogP contribution in [0.2, 0.25) is 0 Å². The third-order valence-corrected chi connectivity index (χ3v) is 29.7. The lowest BCUT2D eigenvalue weighted by atomic mass is 9.17. The molecule has 22 heteroatoms. The van der Waals surface area contributed by atoms with Crippen molar-refractivity contribution in [3.05, 3.63) is 183 Å². The average molecular weight is 1240 g/mol. The number of epoxide rings is 3. The number of carbonyl (C=O) groups is 4. The summed E-state index contributed by atoms with van der Waals surface area (Å²) in [6.45, 7) is 0. The molecule has 1 aromatic carbocycles. The van der Waals surface area contributed by atoms with Crippen molar-refractivity contribution in [1.29, 1.82) is 0 Å². The zero-order valence-electron chi connectivity index (χ0n) is 47.4. The number of ether oxygens (including phenoxy) is 3. The van der Waals surface area contributed by atoms with Gasteiger partial charge in [0.25, 0.3) is 0 Å². The van der Waals surface area contributed by atoms with E-state index in [0.717, 1.165) is 6.08 Å². The number of rotatable bonds is 4. The van der Waals surface area contributed by atoms with Gasteiger partial charge < -0.3 is 90.8 Å². The largest absolute Gasteiger partial charge is 0.512 e. The normalized spacial score (nSPS) is 55.8. The van der Waals surface area contributed by atoms with Crippen molar-refractivity contribution < 1.29 is 110 Å². The molecule has 25 unspecified atom stereocenters. The molecule has 92 heavy (non-hydrogen) atoms. The molecule has 460 valence electrons. The monoisotopic (exact) mass is 1240 g/mol. The molecular formula is C70H48O22. The second-order valence-corrected chi connectivity index (χ2v) is 30.9. The van der Waals surface area contributed by atoms with Crippen LogP contribution in [-0.2, 0) is 34.2 Å². The van der Waals surface area contributed by atoms with Crippen LogP contribution in [0.4, 0.5) is 0 Å². The molecule has 25 rings (SSSR count). The predicted molar refractivity (Wildman–Crippen MR) is 301 cm³/mol. The fourth-order valence-electron chi connectivity index (χ4n) is 28.6. The molecule has 22 nitrogen and oxygen atoms in total. The number of aliphatic carboxylic acids is 3. The topological polar surface area (TPSA) is 409 Å². The Hall–Kier alpha value is -7.84. The Bertz CT molecular complexity index is 5220. The summed E-state index contributed by atoms with van der Waals surface area (Å²) >= 11 is 0. The van der Waals surface area contributed by atoms with Crippen molar-refractivity contribution in [2.45, 2.75) is 111 Å². The SMILES string of the molecule is O=C(O)C1=CC2C3C=CCC4C5=C6C=CCC7=C6C6(O)c8c9c(c(C(=O)O)c%10c8=C8C%11(O)C6C5(O)C56OC5(C43)C3(O)C2(O)C2C1=CC1=C(C(=O)O)CC=C4C5=C%12C(C=C(O)C5)C5%13OC5%14CC(O)=CC5(OC5%14C%11C6C%13C3(O)C%12(O)C2=C41)C8(O)C(O)=C%10)=CC(C(=O)O)C=C79. The molecule has 3 aliphatic heterocycles. The summed E-state index contributed by atoms with van der Waals surface area (Å²) in [6, 6.07) is 0. The number of aliphatic hydroxyl groups is 11. The Morgan fingerprint density at radius 1 is 0.707 bits per heavy atom. The van der Waals surface area contributed by atoms with Crippen molar-refractivity contribution in [3.8, 4) is 0 Å². The minimum Gasteiger partial charge on any atom is -0.512 e. The van der Waals surface area contributed by atoms with Gasteiger partial charge in [0.1, 0.15) is 67.4 Å². The summed E-state index contributed by atoms with van der Waals surface area (Å²) in [5.41, 5.74) is -41.2. The maximum Gasteiger partial charge on any atom is 0.336 e. The highest BCUT2D eigenvalue weighted by Crippen LogP contribution is 3.02. The Kier molecular flexibility index (Phi) is 6.68. The van der Waals surface area contributed by atoms with Crippen molar-refractivity contribution in [2.75, 3.05) is 0 Å². The van der Waals surface area contributed by atoms with Gasteiger partial charge in [0, 0.05) is 76.5 Å². The van der Waals surface area contributed by atoms with E-state index in [1.54, 1.807) is 30.4 Å². The van der Waals surface area contributed by atoms with Crippen LogP contribution in [0.25, 0.3) is 23.3 Å². The summed E-state index contributed by atoms with van der Waals surface area (Å²) in [4.78, 5) is 55.9. The van der Waals surface area contributed by atoms with Crippen LogP contribution in [-0.4, -0.2) is 173 Å². The van der Waals surface area contributed by atoms with Crippen LogP contribution in [0.5, 0.6) is 0 Å². The van der Waals surface area contributed by atoms with E-state index < -0.39 is 202 Å². The highest BCUT2D eigenvalue weighted by molar-refractivity contribution is 6.06. The molecule has 0 bridgehead atoms. The van der Waals surface area contributed by atoms with E-state index in [4.69, 9.17) is 14.2 Å². The molecule has 3 heterocycles. The third-order valence-electron chi connectivity index (χ3n) is 29.7. The first kappa shape index (κ1) is 49.8. The Morgan fingerprint density at radius 3 is 2.25 bits per heavy atom. The molecule has 8 saturated carbocycles. The van der Waals surface area contributed by atoms with Crippen LogP contribution in [0.1, 0.15) is 59.2 Å². The number of benzene rings is 1. The van der Waals surface area contributed by atoms with Gasteiger partial charge in [-0.2, -0.15) is 0 Å². The Morgan fingerprint density at radius 2 is 1.50 bits per heavy atom. The quantitative estimate of drug-likeness (QED) is 0.139. The van der Waals surface area contributed by atoms with Crippen molar-refractivity contribution in [2.24, 2.45) is 65.1 Å². The van der Waals surface area contributed by atoms with Crippen LogP contribution < -0.4 is 10.4 Å². The number of aromatic carboxylic acids is 1. The first-order valence-electron chi connectivity index (χ1n) is 31.5. The number of allylic oxidation sites excluding steroid dienone is 12. The molecular weight excluding hydrogens is 1190 g/mol. The lowest BCUT2D eigenvalue weighted by Crippen LogP contribution is -3.03. The number of carboxylic acid groups (broad SMARTS) is 4. The van der Waals surface area contributed by atoms with Crippen molar-refractivity contribution in [1.82, 2.24) is 0 Å². The highest BCUT2D eigenvalue weighted by Gasteiger charge is 3.18. The van der Waals surface area contributed by atoms with E-state index in [2.05, 4.69) is 0 Å². The van der Waals surface area contributed by atoms with E-state index in [-0.39, 0.29) is 125 Å². The van der Waals surface area contributed by atoms with Gasteiger partial charge >= 0.3 is 23.9 Å². The van der Waals surface area contributed by atoms with Gasteiger partial charge in [-0.25, -0.2) is 14.4 Å². The third kappa shape index (κ3) is 3.43. The van der Waals surface area contributed by atoms with Crippen LogP contribution in [0.15, 0.2) is 150 Å². The van der Waals surface area contributed by atoms with E-state index in [9.17, 15) is 60.0 Å². The molecule has 5 spiro atoms. The fraction of sp³-hybridized carbons (Fsp3) is 0.429. The van der Waals surface area contributed by atoms with Gasteiger partial charge in [-0.3, -0.25) is 4.79 Å². The molecule has 25 atom stereocenters. The van der Waals surface area contributed by atoms with Gasteiger partial charge in [-0.15, -0.1) is 0 Å². The lowest BCUT2D eigenvalue weighted by molar-refractivity contribution is -0.428. The highest BCUT2D eigenvalue weighted by atomic mass is 16.7. The molecule has 1 aromatic rings. The van der Waals surface area contributed by atoms with E-state index >= 15 is 35.7 Å².